The van der Waals surface area contributed by atoms with Gasteiger partial charge in [-0.25, -0.2) is 8.42 Å². The van der Waals surface area contributed by atoms with Crippen LogP contribution < -0.4 is 14.2 Å². The Morgan fingerprint density at radius 3 is 2.42 bits per heavy atom. The standard InChI is InChI=1S/C18H16ClNO4S2/c1-12-4-3-5-15(10-12)24-18-16(19)11-17(25-18)26(21,22)20-13-6-8-14(23-2)9-7-13/h3-11,20H,1-2H3. The molecule has 0 atom stereocenters. The third-order valence-corrected chi connectivity index (χ3v) is 6.70. The molecule has 5 nitrogen and oxygen atoms in total. The average molecular weight is 410 g/mol. The Morgan fingerprint density at radius 1 is 1.04 bits per heavy atom. The van der Waals surface area contributed by atoms with Gasteiger partial charge in [0.15, 0.2) is 0 Å². The zero-order chi connectivity index (χ0) is 18.7. The minimum absolute atomic E-state index is 0.0703. The van der Waals surface area contributed by atoms with Crippen molar-refractivity contribution in [2.75, 3.05) is 11.8 Å². The summed E-state index contributed by atoms with van der Waals surface area (Å²) in [6.45, 7) is 1.94. The van der Waals surface area contributed by atoms with E-state index in [1.165, 1.54) is 6.07 Å². The van der Waals surface area contributed by atoms with Gasteiger partial charge in [-0.2, -0.15) is 0 Å². The van der Waals surface area contributed by atoms with Crippen molar-refractivity contribution in [1.82, 2.24) is 0 Å². The Labute approximate surface area is 161 Å². The topological polar surface area (TPSA) is 64.6 Å². The Kier molecular flexibility index (Phi) is 5.41. The number of sulfonamides is 1. The average Bonchev–Trinajstić information content (AvgIpc) is 2.97. The van der Waals surface area contributed by atoms with Gasteiger partial charge in [0.1, 0.15) is 15.7 Å². The molecule has 2 aromatic carbocycles. The molecule has 8 heteroatoms. The predicted molar refractivity (Wildman–Crippen MR) is 104 cm³/mol. The molecular formula is C18H16ClNO4S2. The summed E-state index contributed by atoms with van der Waals surface area (Å²) in [7, 11) is -2.23. The third kappa shape index (κ3) is 4.30. The molecule has 1 heterocycles. The summed E-state index contributed by atoms with van der Waals surface area (Å²) in [4.78, 5) is 0. The normalized spacial score (nSPS) is 11.2. The van der Waals surface area contributed by atoms with Gasteiger partial charge in [0.25, 0.3) is 10.0 Å². The summed E-state index contributed by atoms with van der Waals surface area (Å²) >= 11 is 7.12. The van der Waals surface area contributed by atoms with Crippen LogP contribution in [0.4, 0.5) is 5.69 Å². The largest absolute Gasteiger partial charge is 0.497 e. The second-order valence-corrected chi connectivity index (χ2v) is 8.78. The second kappa shape index (κ2) is 7.57. The molecule has 3 rings (SSSR count). The molecule has 1 aromatic heterocycles. The number of halogens is 1. The van der Waals surface area contributed by atoms with E-state index in [1.807, 2.05) is 25.1 Å². The van der Waals surface area contributed by atoms with Gasteiger partial charge < -0.3 is 9.47 Å². The van der Waals surface area contributed by atoms with Crippen molar-refractivity contribution in [1.29, 1.82) is 0 Å². The van der Waals surface area contributed by atoms with Crippen LogP contribution in [-0.2, 0) is 10.0 Å². The molecule has 0 aliphatic heterocycles. The lowest BCUT2D eigenvalue weighted by Crippen LogP contribution is -2.11. The van der Waals surface area contributed by atoms with Crippen LogP contribution in [0.25, 0.3) is 0 Å². The van der Waals surface area contributed by atoms with Gasteiger partial charge in [-0.3, -0.25) is 4.72 Å². The lowest BCUT2D eigenvalue weighted by Gasteiger charge is -2.07. The Hall–Kier alpha value is -2.22. The molecule has 0 spiro atoms. The first-order chi connectivity index (χ1) is 12.4. The molecule has 136 valence electrons. The number of ether oxygens (including phenoxy) is 2. The molecule has 0 aliphatic carbocycles. The Bertz CT molecular complexity index is 1010. The highest BCUT2D eigenvalue weighted by Crippen LogP contribution is 2.40. The number of methoxy groups -OCH3 is 1. The number of hydrogen-bond donors (Lipinski definition) is 1. The van der Waals surface area contributed by atoms with E-state index in [9.17, 15) is 8.42 Å². The SMILES string of the molecule is COc1ccc(NS(=O)(=O)c2cc(Cl)c(Oc3cccc(C)c3)s2)cc1. The van der Waals surface area contributed by atoms with Crippen LogP contribution >= 0.6 is 22.9 Å². The first-order valence-electron chi connectivity index (χ1n) is 7.58. The van der Waals surface area contributed by atoms with Crippen molar-refractivity contribution >= 4 is 38.6 Å². The number of rotatable bonds is 6. The van der Waals surface area contributed by atoms with Crippen LogP contribution in [0.5, 0.6) is 16.6 Å². The van der Waals surface area contributed by atoms with Gasteiger partial charge in [-0.05, 0) is 55.0 Å². The van der Waals surface area contributed by atoms with Crippen molar-refractivity contribution in [3.05, 3.63) is 65.2 Å². The fraction of sp³-hybridized carbons (Fsp3) is 0.111. The van der Waals surface area contributed by atoms with Crippen molar-refractivity contribution < 1.29 is 17.9 Å². The Morgan fingerprint density at radius 2 is 1.77 bits per heavy atom. The second-order valence-electron chi connectivity index (χ2n) is 5.45. The van der Waals surface area contributed by atoms with Gasteiger partial charge in [0.05, 0.1) is 12.1 Å². The molecule has 0 radical (unpaired) electrons. The van der Waals surface area contributed by atoms with Crippen LogP contribution in [0.2, 0.25) is 5.02 Å². The molecule has 3 aromatic rings. The monoisotopic (exact) mass is 409 g/mol. The molecule has 0 saturated heterocycles. The van der Waals surface area contributed by atoms with Crippen molar-refractivity contribution in [2.24, 2.45) is 0 Å². The van der Waals surface area contributed by atoms with Crippen molar-refractivity contribution in [3.8, 4) is 16.6 Å². The molecule has 0 amide bonds. The fourth-order valence-corrected chi connectivity index (χ4v) is 4.84. The van der Waals surface area contributed by atoms with Crippen LogP contribution in [0.15, 0.2) is 58.8 Å². The molecule has 0 bridgehead atoms. The molecule has 0 unspecified atom stereocenters. The summed E-state index contributed by atoms with van der Waals surface area (Å²) in [5, 5.41) is 0.569. The summed E-state index contributed by atoms with van der Waals surface area (Å²) in [6, 6.07) is 15.4. The lowest BCUT2D eigenvalue weighted by molar-refractivity contribution is 0.415. The van der Waals surface area contributed by atoms with Crippen LogP contribution in [0.1, 0.15) is 5.56 Å². The first-order valence-corrected chi connectivity index (χ1v) is 10.3. The number of hydrogen-bond acceptors (Lipinski definition) is 5. The van der Waals surface area contributed by atoms with Crippen LogP contribution in [0, 0.1) is 6.92 Å². The maximum atomic E-state index is 12.6. The number of nitrogens with one attached hydrogen (secondary N) is 1. The van der Waals surface area contributed by atoms with E-state index in [0.717, 1.165) is 16.9 Å². The molecule has 0 fully saturated rings. The Balaban J connectivity index is 1.81. The lowest BCUT2D eigenvalue weighted by atomic mass is 10.2. The minimum atomic E-state index is -3.77. The van der Waals surface area contributed by atoms with Gasteiger partial charge in [-0.15, -0.1) is 0 Å². The number of benzene rings is 2. The number of thiophene rings is 1. The molecule has 26 heavy (non-hydrogen) atoms. The summed E-state index contributed by atoms with van der Waals surface area (Å²) in [5.74, 6) is 1.24. The molecular weight excluding hydrogens is 394 g/mol. The smallest absolute Gasteiger partial charge is 0.271 e. The highest BCUT2D eigenvalue weighted by molar-refractivity contribution is 7.94. The fourth-order valence-electron chi connectivity index (χ4n) is 2.18. The van der Waals surface area contributed by atoms with Gasteiger partial charge in [0, 0.05) is 5.69 Å². The maximum absolute atomic E-state index is 12.6. The van der Waals surface area contributed by atoms with E-state index in [2.05, 4.69) is 4.72 Å². The van der Waals surface area contributed by atoms with E-state index in [-0.39, 0.29) is 9.23 Å². The zero-order valence-corrected chi connectivity index (χ0v) is 16.4. The summed E-state index contributed by atoms with van der Waals surface area (Å²) in [5.41, 5.74) is 1.46. The maximum Gasteiger partial charge on any atom is 0.271 e. The number of anilines is 1. The minimum Gasteiger partial charge on any atom is -0.497 e. The van der Waals surface area contributed by atoms with E-state index < -0.39 is 10.0 Å². The van der Waals surface area contributed by atoms with E-state index >= 15 is 0 Å². The van der Waals surface area contributed by atoms with Crippen LogP contribution in [0.3, 0.4) is 0 Å². The van der Waals surface area contributed by atoms with Crippen LogP contribution in [-0.4, -0.2) is 15.5 Å². The predicted octanol–water partition coefficient (Wildman–Crippen LogP) is 5.31. The molecule has 0 aliphatic rings. The molecule has 1 N–H and O–H groups in total. The van der Waals surface area contributed by atoms with Crippen molar-refractivity contribution in [2.45, 2.75) is 11.1 Å². The van der Waals surface area contributed by atoms with Crippen molar-refractivity contribution in [3.63, 3.8) is 0 Å². The van der Waals surface area contributed by atoms with Gasteiger partial charge in [0.2, 0.25) is 5.06 Å². The molecule has 0 saturated carbocycles. The number of aryl methyl sites for hydroxylation is 1. The third-order valence-electron chi connectivity index (χ3n) is 3.44. The van der Waals surface area contributed by atoms with Gasteiger partial charge in [-0.1, -0.05) is 35.1 Å². The zero-order valence-electron chi connectivity index (χ0n) is 14.0. The van der Waals surface area contributed by atoms with E-state index in [4.69, 9.17) is 21.1 Å². The first kappa shape index (κ1) is 18.6. The highest BCUT2D eigenvalue weighted by Gasteiger charge is 2.21. The van der Waals surface area contributed by atoms with E-state index in [0.29, 0.717) is 22.2 Å². The highest BCUT2D eigenvalue weighted by atomic mass is 35.5. The quantitative estimate of drug-likeness (QED) is 0.599. The van der Waals surface area contributed by atoms with E-state index in [1.54, 1.807) is 37.4 Å². The summed E-state index contributed by atoms with van der Waals surface area (Å²) in [6.07, 6.45) is 0. The van der Waals surface area contributed by atoms with Gasteiger partial charge >= 0.3 is 0 Å². The summed E-state index contributed by atoms with van der Waals surface area (Å²) < 4.78 is 38.5.